The fraction of sp³-hybridized carbons (Fsp3) is 0.933. The lowest BCUT2D eigenvalue weighted by molar-refractivity contribution is -0.227. The second kappa shape index (κ2) is 8.91. The Bertz CT molecular complexity index is 375. The van der Waals surface area contributed by atoms with E-state index in [0.717, 1.165) is 0 Å². The molecule has 2 aliphatic rings. The number of unbranched alkanes of at least 4 members (excludes halogenated alkanes) is 1. The molecule has 8 heteroatoms. The second-order valence-electron chi connectivity index (χ2n) is 6.28. The quantitative estimate of drug-likeness (QED) is 0.439. The van der Waals surface area contributed by atoms with Crippen LogP contribution in [0.3, 0.4) is 0 Å². The van der Waals surface area contributed by atoms with Crippen LogP contribution in [0.15, 0.2) is 0 Å². The van der Waals surface area contributed by atoms with Crippen LogP contribution in [0.5, 0.6) is 0 Å². The third kappa shape index (κ3) is 5.37. The number of ether oxygens (including phenoxy) is 2. The molecular weight excluding hydrogens is 304 g/mol. The van der Waals surface area contributed by atoms with Crippen molar-refractivity contribution in [2.45, 2.75) is 62.7 Å². The normalized spacial score (nSPS) is 33.0. The number of piperidine rings is 1. The van der Waals surface area contributed by atoms with Crippen LogP contribution >= 0.6 is 0 Å². The number of aliphatic hydroxyl groups is 3. The van der Waals surface area contributed by atoms with Crippen molar-refractivity contribution in [3.8, 4) is 0 Å². The number of carbonyl (C=O) groups excluding carboxylic acids is 1. The molecule has 0 aromatic heterocycles. The average Bonchev–Trinajstić information content (AvgIpc) is 2.54. The summed E-state index contributed by atoms with van der Waals surface area (Å²) in [5.41, 5.74) is 5.74. The van der Waals surface area contributed by atoms with Gasteiger partial charge in [0, 0.05) is 26.1 Å². The van der Waals surface area contributed by atoms with Crippen LogP contribution < -0.4 is 5.73 Å². The van der Waals surface area contributed by atoms with E-state index in [-0.39, 0.29) is 18.6 Å². The molecular formula is C15H28N2O6. The SMILES string of the molecule is N[C@H]1C(O)[C@@H](O)CO[C@H]1OCCCCC(=O)N1CCC(O)CC1. The molecule has 2 rings (SSSR count). The Hall–Kier alpha value is -0.770. The number of hydrogen-bond donors (Lipinski definition) is 4. The maximum absolute atomic E-state index is 12.0. The van der Waals surface area contributed by atoms with Crippen LogP contribution in [-0.2, 0) is 14.3 Å². The average molecular weight is 332 g/mol. The first-order valence-corrected chi connectivity index (χ1v) is 8.30. The van der Waals surface area contributed by atoms with Gasteiger partial charge in [-0.3, -0.25) is 4.79 Å². The Balaban J connectivity index is 1.56. The van der Waals surface area contributed by atoms with E-state index < -0.39 is 24.5 Å². The molecule has 2 heterocycles. The fourth-order valence-electron chi connectivity index (χ4n) is 2.83. The van der Waals surface area contributed by atoms with Crippen LogP contribution in [-0.4, -0.2) is 83.1 Å². The van der Waals surface area contributed by atoms with Crippen LogP contribution in [0.2, 0.25) is 0 Å². The van der Waals surface area contributed by atoms with E-state index in [2.05, 4.69) is 0 Å². The van der Waals surface area contributed by atoms with E-state index >= 15 is 0 Å². The molecule has 0 aliphatic carbocycles. The maximum atomic E-state index is 12.0. The first-order chi connectivity index (χ1) is 11.0. The van der Waals surface area contributed by atoms with Crippen molar-refractivity contribution in [2.75, 3.05) is 26.3 Å². The van der Waals surface area contributed by atoms with Crippen molar-refractivity contribution in [3.63, 3.8) is 0 Å². The van der Waals surface area contributed by atoms with E-state index in [4.69, 9.17) is 15.2 Å². The summed E-state index contributed by atoms with van der Waals surface area (Å²) < 4.78 is 10.7. The van der Waals surface area contributed by atoms with E-state index in [1.165, 1.54) is 0 Å². The summed E-state index contributed by atoms with van der Waals surface area (Å²) in [7, 11) is 0. The summed E-state index contributed by atoms with van der Waals surface area (Å²) in [5, 5.41) is 28.5. The van der Waals surface area contributed by atoms with Crippen molar-refractivity contribution in [3.05, 3.63) is 0 Å². The van der Waals surface area contributed by atoms with Gasteiger partial charge in [0.1, 0.15) is 12.2 Å². The summed E-state index contributed by atoms with van der Waals surface area (Å²) in [6.07, 6.45) is 0.112. The van der Waals surface area contributed by atoms with Crippen LogP contribution in [0.4, 0.5) is 0 Å². The zero-order chi connectivity index (χ0) is 16.8. The fourth-order valence-corrected chi connectivity index (χ4v) is 2.83. The first-order valence-electron chi connectivity index (χ1n) is 8.30. The van der Waals surface area contributed by atoms with E-state index in [1.807, 2.05) is 0 Å². The molecule has 0 aromatic carbocycles. The Labute approximate surface area is 136 Å². The molecule has 5 N–H and O–H groups in total. The molecule has 2 fully saturated rings. The molecule has 1 unspecified atom stereocenters. The molecule has 0 saturated carbocycles. The highest BCUT2D eigenvalue weighted by molar-refractivity contribution is 5.76. The van der Waals surface area contributed by atoms with Crippen molar-refractivity contribution in [1.82, 2.24) is 4.90 Å². The molecule has 1 amide bonds. The highest BCUT2D eigenvalue weighted by Crippen LogP contribution is 2.16. The van der Waals surface area contributed by atoms with Gasteiger partial charge >= 0.3 is 0 Å². The number of nitrogens with two attached hydrogens (primary N) is 1. The molecule has 2 aliphatic heterocycles. The predicted molar refractivity (Wildman–Crippen MR) is 81.4 cm³/mol. The van der Waals surface area contributed by atoms with Crippen molar-refractivity contribution in [2.24, 2.45) is 5.73 Å². The standard InChI is InChI=1S/C15H28N2O6/c16-13-14(21)11(19)9-23-15(13)22-8-2-1-3-12(20)17-6-4-10(18)5-7-17/h10-11,13-15,18-19,21H,1-9,16H2/t11-,13-,14?,15+/m0/s1. The molecule has 0 spiro atoms. The molecule has 134 valence electrons. The minimum Gasteiger partial charge on any atom is -0.393 e. The summed E-state index contributed by atoms with van der Waals surface area (Å²) >= 11 is 0. The second-order valence-corrected chi connectivity index (χ2v) is 6.28. The number of likely N-dealkylation sites (tertiary alicyclic amines) is 1. The van der Waals surface area contributed by atoms with Crippen LogP contribution in [0.1, 0.15) is 32.1 Å². The van der Waals surface area contributed by atoms with Gasteiger partial charge in [0.25, 0.3) is 0 Å². The summed E-state index contributed by atoms with van der Waals surface area (Å²) in [6, 6.07) is -0.778. The lowest BCUT2D eigenvalue weighted by atomic mass is 10.0. The molecule has 2 saturated heterocycles. The van der Waals surface area contributed by atoms with E-state index in [9.17, 15) is 20.1 Å². The summed E-state index contributed by atoms with van der Waals surface area (Å²) in [5.74, 6) is 0.112. The topological polar surface area (TPSA) is 125 Å². The number of rotatable bonds is 6. The van der Waals surface area contributed by atoms with E-state index in [1.54, 1.807) is 4.90 Å². The van der Waals surface area contributed by atoms with Crippen molar-refractivity contribution < 1.29 is 29.6 Å². The minimum atomic E-state index is -1.05. The number of amides is 1. The Morgan fingerprint density at radius 1 is 1.22 bits per heavy atom. The van der Waals surface area contributed by atoms with Gasteiger partial charge in [0.2, 0.25) is 5.91 Å². The lowest BCUT2D eigenvalue weighted by Gasteiger charge is -2.35. The van der Waals surface area contributed by atoms with Gasteiger partial charge in [-0.25, -0.2) is 0 Å². The summed E-state index contributed by atoms with van der Waals surface area (Å²) in [6.45, 7) is 1.63. The maximum Gasteiger partial charge on any atom is 0.222 e. The smallest absolute Gasteiger partial charge is 0.222 e. The lowest BCUT2D eigenvalue weighted by Crippen LogP contribution is -2.58. The number of aliphatic hydroxyl groups excluding tert-OH is 3. The van der Waals surface area contributed by atoms with Crippen LogP contribution in [0.25, 0.3) is 0 Å². The van der Waals surface area contributed by atoms with Gasteiger partial charge in [-0.2, -0.15) is 0 Å². The number of hydrogen-bond acceptors (Lipinski definition) is 7. The third-order valence-corrected chi connectivity index (χ3v) is 4.42. The van der Waals surface area contributed by atoms with Gasteiger partial charge in [-0.15, -0.1) is 0 Å². The first kappa shape index (κ1) is 18.6. The van der Waals surface area contributed by atoms with Crippen molar-refractivity contribution >= 4 is 5.91 Å². The highest BCUT2D eigenvalue weighted by atomic mass is 16.7. The van der Waals surface area contributed by atoms with Crippen LogP contribution in [0, 0.1) is 0 Å². The molecule has 4 atom stereocenters. The summed E-state index contributed by atoms with van der Waals surface area (Å²) in [4.78, 5) is 13.8. The molecule has 0 radical (unpaired) electrons. The highest BCUT2D eigenvalue weighted by Gasteiger charge is 2.36. The Morgan fingerprint density at radius 3 is 2.61 bits per heavy atom. The zero-order valence-corrected chi connectivity index (χ0v) is 13.3. The number of carbonyl (C=O) groups is 1. The van der Waals surface area contributed by atoms with E-state index in [0.29, 0.717) is 51.8 Å². The largest absolute Gasteiger partial charge is 0.393 e. The van der Waals surface area contributed by atoms with Gasteiger partial charge in [0.05, 0.1) is 18.8 Å². The van der Waals surface area contributed by atoms with Crippen molar-refractivity contribution in [1.29, 1.82) is 0 Å². The Morgan fingerprint density at radius 2 is 1.91 bits per heavy atom. The van der Waals surface area contributed by atoms with Gasteiger partial charge < -0.3 is 35.4 Å². The van der Waals surface area contributed by atoms with Gasteiger partial charge in [-0.1, -0.05) is 0 Å². The van der Waals surface area contributed by atoms with Gasteiger partial charge in [0.15, 0.2) is 6.29 Å². The predicted octanol–water partition coefficient (Wildman–Crippen LogP) is -1.44. The number of nitrogens with zero attached hydrogens (tertiary/aromatic N) is 1. The van der Waals surface area contributed by atoms with Gasteiger partial charge in [-0.05, 0) is 25.7 Å². The molecule has 8 nitrogen and oxygen atoms in total. The minimum absolute atomic E-state index is 0.00116. The molecule has 0 bridgehead atoms. The third-order valence-electron chi connectivity index (χ3n) is 4.42. The molecule has 0 aromatic rings. The zero-order valence-electron chi connectivity index (χ0n) is 13.3. The Kier molecular flexibility index (Phi) is 7.19. The molecule has 23 heavy (non-hydrogen) atoms. The monoisotopic (exact) mass is 332 g/mol.